The van der Waals surface area contributed by atoms with Crippen molar-refractivity contribution in [2.24, 2.45) is 5.92 Å². The predicted octanol–water partition coefficient (Wildman–Crippen LogP) is 2.73. The van der Waals surface area contributed by atoms with Gasteiger partial charge in [0, 0.05) is 11.6 Å². The van der Waals surface area contributed by atoms with Gasteiger partial charge in [-0.3, -0.25) is 0 Å². The lowest BCUT2D eigenvalue weighted by atomic mass is 9.93. The summed E-state index contributed by atoms with van der Waals surface area (Å²) >= 11 is 3.35. The van der Waals surface area contributed by atoms with Crippen LogP contribution in [0.2, 0.25) is 0 Å². The first-order valence-corrected chi connectivity index (χ1v) is 6.64. The molecular formula is C14H15BrO5. The second kappa shape index (κ2) is 7.09. The highest BCUT2D eigenvalue weighted by Gasteiger charge is 2.18. The Kier molecular flexibility index (Phi) is 5.76. The zero-order valence-electron chi connectivity index (χ0n) is 11.1. The quantitative estimate of drug-likeness (QED) is 0.776. The Labute approximate surface area is 125 Å². The number of benzene rings is 1. The van der Waals surface area contributed by atoms with Crippen molar-refractivity contribution >= 4 is 27.9 Å². The van der Waals surface area contributed by atoms with Gasteiger partial charge in [-0.15, -0.1) is 0 Å². The summed E-state index contributed by atoms with van der Waals surface area (Å²) in [4.78, 5) is 21.7. The van der Waals surface area contributed by atoms with Gasteiger partial charge in [-0.25, -0.2) is 9.59 Å². The average Bonchev–Trinajstić information content (AvgIpc) is 2.35. The number of carbonyl (C=O) groups is 2. The van der Waals surface area contributed by atoms with Gasteiger partial charge in [-0.05, 0) is 46.0 Å². The maximum atomic E-state index is 11.1. The van der Waals surface area contributed by atoms with Gasteiger partial charge in [-0.2, -0.15) is 0 Å². The highest BCUT2D eigenvalue weighted by molar-refractivity contribution is 9.10. The van der Waals surface area contributed by atoms with Crippen LogP contribution in [-0.2, 0) is 16.0 Å². The fourth-order valence-electron chi connectivity index (χ4n) is 1.85. The molecule has 5 nitrogen and oxygen atoms in total. The first-order valence-electron chi connectivity index (χ1n) is 5.85. The van der Waals surface area contributed by atoms with E-state index in [9.17, 15) is 9.59 Å². The molecule has 0 amide bonds. The Morgan fingerprint density at radius 1 is 1.40 bits per heavy atom. The van der Waals surface area contributed by atoms with Crippen molar-refractivity contribution < 1.29 is 24.5 Å². The lowest BCUT2D eigenvalue weighted by Crippen LogP contribution is -2.14. The van der Waals surface area contributed by atoms with Crippen molar-refractivity contribution in [2.45, 2.75) is 13.3 Å². The SMILES string of the molecule is COc1ccc(CC(C)/C(=C/C(=O)O)C(=O)O)cc1Br. The molecule has 0 aromatic heterocycles. The standard InChI is InChI=1S/C14H15BrO5/c1-8(10(14(18)19)7-13(16)17)5-9-3-4-12(20-2)11(15)6-9/h3-4,6-8H,5H2,1-2H3,(H,16,17)(H,18,19)/b10-7-. The van der Waals surface area contributed by atoms with Gasteiger partial charge in [0.2, 0.25) is 0 Å². The van der Waals surface area contributed by atoms with Gasteiger partial charge in [-0.1, -0.05) is 13.0 Å². The van der Waals surface area contributed by atoms with Crippen molar-refractivity contribution in [2.75, 3.05) is 7.11 Å². The third-order valence-electron chi connectivity index (χ3n) is 2.81. The molecule has 0 bridgehead atoms. The van der Waals surface area contributed by atoms with E-state index in [1.54, 1.807) is 20.1 Å². The number of carboxylic acids is 2. The molecule has 0 aliphatic carbocycles. The van der Waals surface area contributed by atoms with Crippen LogP contribution in [0.15, 0.2) is 34.3 Å². The van der Waals surface area contributed by atoms with Crippen molar-refractivity contribution in [1.82, 2.24) is 0 Å². The van der Waals surface area contributed by atoms with Crippen LogP contribution in [0.3, 0.4) is 0 Å². The van der Waals surface area contributed by atoms with Gasteiger partial charge >= 0.3 is 11.9 Å². The van der Waals surface area contributed by atoms with E-state index in [2.05, 4.69) is 15.9 Å². The topological polar surface area (TPSA) is 83.8 Å². The number of methoxy groups -OCH3 is 1. The summed E-state index contributed by atoms with van der Waals surface area (Å²) in [6.45, 7) is 1.68. The molecule has 1 aromatic rings. The van der Waals surface area contributed by atoms with Gasteiger partial charge < -0.3 is 14.9 Å². The molecule has 0 spiro atoms. The minimum atomic E-state index is -1.26. The molecule has 20 heavy (non-hydrogen) atoms. The fourth-order valence-corrected chi connectivity index (χ4v) is 2.44. The van der Waals surface area contributed by atoms with Crippen LogP contribution < -0.4 is 4.74 Å². The Balaban J connectivity index is 2.94. The molecule has 0 aliphatic heterocycles. The van der Waals surface area contributed by atoms with Crippen molar-refractivity contribution in [3.63, 3.8) is 0 Å². The number of rotatable bonds is 6. The van der Waals surface area contributed by atoms with Crippen LogP contribution in [0.25, 0.3) is 0 Å². The van der Waals surface area contributed by atoms with E-state index in [1.165, 1.54) is 0 Å². The molecule has 0 fully saturated rings. The van der Waals surface area contributed by atoms with Gasteiger partial charge in [0.05, 0.1) is 11.6 Å². The average molecular weight is 343 g/mol. The minimum Gasteiger partial charge on any atom is -0.496 e. The monoisotopic (exact) mass is 342 g/mol. The number of aliphatic carboxylic acids is 2. The number of carboxylic acid groups (broad SMARTS) is 2. The molecule has 0 heterocycles. The largest absolute Gasteiger partial charge is 0.496 e. The van der Waals surface area contributed by atoms with Gasteiger partial charge in [0.25, 0.3) is 0 Å². The van der Waals surface area contributed by atoms with Crippen LogP contribution >= 0.6 is 15.9 Å². The first kappa shape index (κ1) is 16.2. The Bertz CT molecular complexity index is 550. The Morgan fingerprint density at radius 3 is 2.50 bits per heavy atom. The summed E-state index contributed by atoms with van der Waals surface area (Å²) in [6, 6.07) is 5.42. The summed E-state index contributed by atoms with van der Waals surface area (Å²) < 4.78 is 5.88. The predicted molar refractivity (Wildman–Crippen MR) is 76.9 cm³/mol. The van der Waals surface area contributed by atoms with Crippen LogP contribution in [0.4, 0.5) is 0 Å². The molecule has 0 radical (unpaired) electrons. The molecule has 0 aliphatic rings. The van der Waals surface area contributed by atoms with Crippen LogP contribution in [0.1, 0.15) is 12.5 Å². The van der Waals surface area contributed by atoms with Crippen molar-refractivity contribution in [3.05, 3.63) is 39.9 Å². The summed E-state index contributed by atoms with van der Waals surface area (Å²) in [5.74, 6) is -2.21. The summed E-state index contributed by atoms with van der Waals surface area (Å²) in [7, 11) is 1.56. The second-order valence-electron chi connectivity index (χ2n) is 4.32. The van der Waals surface area contributed by atoms with E-state index in [0.717, 1.165) is 16.1 Å². The van der Waals surface area contributed by atoms with E-state index < -0.39 is 17.9 Å². The third kappa shape index (κ3) is 4.38. The van der Waals surface area contributed by atoms with Gasteiger partial charge in [0.15, 0.2) is 0 Å². The third-order valence-corrected chi connectivity index (χ3v) is 3.43. The molecule has 0 saturated carbocycles. The van der Waals surface area contributed by atoms with E-state index in [1.807, 2.05) is 12.1 Å². The molecule has 1 atom stereocenters. The fraction of sp³-hybridized carbons (Fsp3) is 0.286. The second-order valence-corrected chi connectivity index (χ2v) is 5.17. The molecule has 6 heteroatoms. The summed E-state index contributed by atoms with van der Waals surface area (Å²) in [6.07, 6.45) is 1.17. The summed E-state index contributed by atoms with van der Waals surface area (Å²) in [5, 5.41) is 17.7. The van der Waals surface area contributed by atoms with Crippen molar-refractivity contribution in [1.29, 1.82) is 0 Å². The smallest absolute Gasteiger partial charge is 0.332 e. The van der Waals surface area contributed by atoms with Crippen LogP contribution in [0.5, 0.6) is 5.75 Å². The van der Waals surface area contributed by atoms with Crippen LogP contribution in [-0.4, -0.2) is 29.3 Å². The maximum Gasteiger partial charge on any atom is 0.332 e. The first-order chi connectivity index (χ1) is 9.35. The Hall–Kier alpha value is -1.82. The lowest BCUT2D eigenvalue weighted by molar-refractivity contribution is -0.135. The number of ether oxygens (including phenoxy) is 1. The normalized spacial score (nSPS) is 12.8. The molecule has 1 unspecified atom stereocenters. The molecule has 1 rings (SSSR count). The maximum absolute atomic E-state index is 11.1. The number of halogens is 1. The molecule has 1 aromatic carbocycles. The molecule has 0 saturated heterocycles. The zero-order chi connectivity index (χ0) is 15.3. The number of hydrogen-bond acceptors (Lipinski definition) is 3. The molecule has 2 N–H and O–H groups in total. The van der Waals surface area contributed by atoms with E-state index >= 15 is 0 Å². The summed E-state index contributed by atoms with van der Waals surface area (Å²) in [5.41, 5.74) is 0.771. The van der Waals surface area contributed by atoms with Crippen LogP contribution in [0, 0.1) is 5.92 Å². The highest BCUT2D eigenvalue weighted by Crippen LogP contribution is 2.27. The lowest BCUT2D eigenvalue weighted by Gasteiger charge is -2.13. The number of hydrogen-bond donors (Lipinski definition) is 2. The van der Waals surface area contributed by atoms with E-state index in [4.69, 9.17) is 14.9 Å². The zero-order valence-corrected chi connectivity index (χ0v) is 12.7. The van der Waals surface area contributed by atoms with E-state index in [0.29, 0.717) is 12.2 Å². The van der Waals surface area contributed by atoms with Gasteiger partial charge in [0.1, 0.15) is 5.75 Å². The highest BCUT2D eigenvalue weighted by atomic mass is 79.9. The van der Waals surface area contributed by atoms with Crippen molar-refractivity contribution in [3.8, 4) is 5.75 Å². The Morgan fingerprint density at radius 2 is 2.05 bits per heavy atom. The molecular weight excluding hydrogens is 328 g/mol. The minimum absolute atomic E-state index is 0.121. The van der Waals surface area contributed by atoms with E-state index in [-0.39, 0.29) is 5.57 Å². The molecule has 108 valence electrons.